The fourth-order valence-electron chi connectivity index (χ4n) is 3.36. The van der Waals surface area contributed by atoms with Gasteiger partial charge in [-0.3, -0.25) is 9.59 Å². The first kappa shape index (κ1) is 19.7. The molecule has 28 heavy (non-hydrogen) atoms. The molecule has 148 valence electrons. The number of carbonyl (C=O) groups is 2. The van der Waals surface area contributed by atoms with Crippen molar-refractivity contribution in [3.8, 4) is 11.5 Å². The van der Waals surface area contributed by atoms with Gasteiger partial charge in [-0.2, -0.15) is 0 Å². The zero-order valence-corrected chi connectivity index (χ0v) is 16.3. The highest BCUT2D eigenvalue weighted by Crippen LogP contribution is 2.26. The van der Waals surface area contributed by atoms with E-state index in [1.54, 1.807) is 19.1 Å². The van der Waals surface area contributed by atoms with Gasteiger partial charge in [0.25, 0.3) is 0 Å². The summed E-state index contributed by atoms with van der Waals surface area (Å²) in [7, 11) is 3.24. The highest BCUT2D eigenvalue weighted by Gasteiger charge is 2.23. The van der Waals surface area contributed by atoms with E-state index in [0.29, 0.717) is 13.0 Å². The summed E-state index contributed by atoms with van der Waals surface area (Å²) in [5.74, 6) is 1.38. The van der Waals surface area contributed by atoms with E-state index in [1.165, 1.54) is 0 Å². The Labute approximate surface area is 165 Å². The topological polar surface area (TPSA) is 67.9 Å². The summed E-state index contributed by atoms with van der Waals surface area (Å²) < 4.78 is 10.5. The second-order valence-corrected chi connectivity index (χ2v) is 6.82. The third kappa shape index (κ3) is 4.82. The van der Waals surface area contributed by atoms with Gasteiger partial charge in [0.2, 0.25) is 11.8 Å². The Kier molecular flexibility index (Phi) is 6.53. The molecular weight excluding hydrogens is 356 g/mol. The minimum atomic E-state index is -0.329. The molecule has 0 saturated carbocycles. The summed E-state index contributed by atoms with van der Waals surface area (Å²) in [6.07, 6.45) is 2.37. The maximum absolute atomic E-state index is 12.7. The van der Waals surface area contributed by atoms with E-state index in [2.05, 4.69) is 5.32 Å². The van der Waals surface area contributed by atoms with Gasteiger partial charge in [0.15, 0.2) is 0 Å². The Bertz CT molecular complexity index is 755. The summed E-state index contributed by atoms with van der Waals surface area (Å²) in [5.41, 5.74) is 1.87. The van der Waals surface area contributed by atoms with E-state index < -0.39 is 0 Å². The van der Waals surface area contributed by atoms with Gasteiger partial charge in [-0.15, -0.1) is 0 Å². The van der Waals surface area contributed by atoms with Crippen LogP contribution < -0.4 is 14.8 Å². The molecule has 3 rings (SSSR count). The van der Waals surface area contributed by atoms with Crippen LogP contribution in [-0.4, -0.2) is 44.0 Å². The first-order valence-electron chi connectivity index (χ1n) is 9.45. The molecule has 1 fully saturated rings. The Morgan fingerprint density at radius 3 is 1.96 bits per heavy atom. The maximum atomic E-state index is 12.7. The van der Waals surface area contributed by atoms with Gasteiger partial charge in [-0.25, -0.2) is 0 Å². The molecular formula is C22H26N2O4. The molecule has 6 heteroatoms. The van der Waals surface area contributed by atoms with Gasteiger partial charge < -0.3 is 19.7 Å². The number of nitrogens with one attached hydrogen (secondary N) is 1. The van der Waals surface area contributed by atoms with Crippen molar-refractivity contribution >= 4 is 11.8 Å². The van der Waals surface area contributed by atoms with Crippen LogP contribution in [0.4, 0.5) is 0 Å². The lowest BCUT2D eigenvalue weighted by molar-refractivity contribution is -0.138. The number of carbonyl (C=O) groups excluding carboxylic acids is 2. The smallest absolute Gasteiger partial charge is 0.240 e. The summed E-state index contributed by atoms with van der Waals surface area (Å²) >= 11 is 0. The third-order valence-corrected chi connectivity index (χ3v) is 4.96. The van der Waals surface area contributed by atoms with Crippen molar-refractivity contribution in [1.82, 2.24) is 10.2 Å². The fraction of sp³-hybridized carbons (Fsp3) is 0.364. The van der Waals surface area contributed by atoms with Crippen LogP contribution >= 0.6 is 0 Å². The highest BCUT2D eigenvalue weighted by molar-refractivity contribution is 5.85. The zero-order chi connectivity index (χ0) is 19.9. The lowest BCUT2D eigenvalue weighted by Gasteiger charge is -2.27. The van der Waals surface area contributed by atoms with Crippen molar-refractivity contribution in [2.45, 2.75) is 25.3 Å². The Morgan fingerprint density at radius 1 is 0.964 bits per heavy atom. The maximum Gasteiger partial charge on any atom is 0.240 e. The Morgan fingerprint density at radius 2 is 1.50 bits per heavy atom. The number of nitrogens with zero attached hydrogens (tertiary/aromatic N) is 1. The minimum absolute atomic E-state index is 0.0480. The van der Waals surface area contributed by atoms with Crippen molar-refractivity contribution in [3.05, 3.63) is 59.7 Å². The van der Waals surface area contributed by atoms with E-state index in [0.717, 1.165) is 35.5 Å². The molecule has 1 saturated heterocycles. The summed E-state index contributed by atoms with van der Waals surface area (Å²) in [5, 5.41) is 3.08. The number of likely N-dealkylation sites (tertiary alicyclic amines) is 1. The van der Waals surface area contributed by atoms with Gasteiger partial charge in [-0.1, -0.05) is 24.3 Å². The van der Waals surface area contributed by atoms with Gasteiger partial charge in [0, 0.05) is 13.0 Å². The van der Waals surface area contributed by atoms with Crippen LogP contribution in [0.1, 0.15) is 36.4 Å². The average Bonchev–Trinajstić information content (AvgIpc) is 2.74. The lowest BCUT2D eigenvalue weighted by atomic mass is 9.98. The summed E-state index contributed by atoms with van der Waals surface area (Å²) in [4.78, 5) is 26.4. The zero-order valence-electron chi connectivity index (χ0n) is 16.3. The second-order valence-electron chi connectivity index (χ2n) is 6.82. The van der Waals surface area contributed by atoms with E-state index in [1.807, 2.05) is 48.5 Å². The van der Waals surface area contributed by atoms with Gasteiger partial charge in [-0.05, 0) is 48.2 Å². The van der Waals surface area contributed by atoms with Crippen molar-refractivity contribution in [1.29, 1.82) is 0 Å². The normalized spacial score (nSPS) is 14.1. The van der Waals surface area contributed by atoms with E-state index in [-0.39, 0.29) is 24.4 Å². The largest absolute Gasteiger partial charge is 0.497 e. The van der Waals surface area contributed by atoms with Gasteiger partial charge in [0.05, 0.1) is 26.8 Å². The molecule has 0 atom stereocenters. The Balaban J connectivity index is 1.80. The molecule has 0 unspecified atom stereocenters. The monoisotopic (exact) mass is 382 g/mol. The number of benzene rings is 2. The molecule has 0 aliphatic carbocycles. The van der Waals surface area contributed by atoms with E-state index in [4.69, 9.17) is 9.47 Å². The first-order valence-corrected chi connectivity index (χ1v) is 9.45. The van der Waals surface area contributed by atoms with Gasteiger partial charge in [0.1, 0.15) is 11.5 Å². The molecule has 1 aliphatic rings. The second kappa shape index (κ2) is 9.26. The van der Waals surface area contributed by atoms with Crippen LogP contribution in [0.3, 0.4) is 0 Å². The van der Waals surface area contributed by atoms with E-state index >= 15 is 0 Å². The van der Waals surface area contributed by atoms with Crippen LogP contribution in [0, 0.1) is 0 Å². The lowest BCUT2D eigenvalue weighted by Crippen LogP contribution is -2.44. The molecule has 0 aromatic heterocycles. The van der Waals surface area contributed by atoms with Crippen molar-refractivity contribution in [3.63, 3.8) is 0 Å². The summed E-state index contributed by atoms with van der Waals surface area (Å²) in [6.45, 7) is 0.726. The molecule has 1 heterocycles. The number of hydrogen-bond acceptors (Lipinski definition) is 4. The SMILES string of the molecule is COc1ccc(C(NC(=O)CN2CCCCC2=O)c2ccc(OC)cc2)cc1. The van der Waals surface area contributed by atoms with Crippen molar-refractivity contribution in [2.75, 3.05) is 27.3 Å². The summed E-state index contributed by atoms with van der Waals surface area (Å²) in [6, 6.07) is 14.9. The number of piperidine rings is 1. The molecule has 0 bridgehead atoms. The molecule has 1 aliphatic heterocycles. The number of rotatable bonds is 7. The quantitative estimate of drug-likeness (QED) is 0.800. The third-order valence-electron chi connectivity index (χ3n) is 4.96. The van der Waals surface area contributed by atoms with Crippen LogP contribution in [0.5, 0.6) is 11.5 Å². The van der Waals surface area contributed by atoms with Crippen LogP contribution in [0.15, 0.2) is 48.5 Å². The van der Waals surface area contributed by atoms with Crippen molar-refractivity contribution < 1.29 is 19.1 Å². The molecule has 0 radical (unpaired) electrons. The Hall–Kier alpha value is -3.02. The average molecular weight is 382 g/mol. The number of methoxy groups -OCH3 is 2. The molecule has 0 spiro atoms. The van der Waals surface area contributed by atoms with Crippen LogP contribution in [-0.2, 0) is 9.59 Å². The number of hydrogen-bond donors (Lipinski definition) is 1. The molecule has 1 N–H and O–H groups in total. The standard InChI is InChI=1S/C22H26N2O4/c1-27-18-10-6-16(7-11-18)22(17-8-12-19(28-2)13-9-17)23-20(25)15-24-14-4-3-5-21(24)26/h6-13,22H,3-5,14-15H2,1-2H3,(H,23,25). The minimum Gasteiger partial charge on any atom is -0.497 e. The first-order chi connectivity index (χ1) is 13.6. The number of ether oxygens (including phenoxy) is 2. The predicted molar refractivity (Wildman–Crippen MR) is 106 cm³/mol. The number of amides is 2. The molecule has 2 aromatic rings. The predicted octanol–water partition coefficient (Wildman–Crippen LogP) is 2.92. The van der Waals surface area contributed by atoms with Crippen LogP contribution in [0.2, 0.25) is 0 Å². The molecule has 2 amide bonds. The van der Waals surface area contributed by atoms with Gasteiger partial charge >= 0.3 is 0 Å². The van der Waals surface area contributed by atoms with E-state index in [9.17, 15) is 9.59 Å². The van der Waals surface area contributed by atoms with Crippen molar-refractivity contribution in [2.24, 2.45) is 0 Å². The molecule has 2 aromatic carbocycles. The fourth-order valence-corrected chi connectivity index (χ4v) is 3.36. The molecule has 6 nitrogen and oxygen atoms in total. The highest BCUT2D eigenvalue weighted by atomic mass is 16.5. The van der Waals surface area contributed by atoms with Crippen LogP contribution in [0.25, 0.3) is 0 Å².